The van der Waals surface area contributed by atoms with E-state index in [1.165, 1.54) is 18.4 Å². The fraction of sp³-hybridized carbons (Fsp3) is 0.538. The molecule has 2 N–H and O–H groups in total. The van der Waals surface area contributed by atoms with E-state index in [4.69, 9.17) is 9.84 Å². The lowest BCUT2D eigenvalue weighted by Crippen LogP contribution is -2.51. The molecule has 106 valence electrons. The van der Waals surface area contributed by atoms with Gasteiger partial charge in [0.25, 0.3) is 5.91 Å². The van der Waals surface area contributed by atoms with Gasteiger partial charge in [-0.05, 0) is 12.8 Å². The molecule has 0 radical (unpaired) electrons. The van der Waals surface area contributed by atoms with Crippen molar-refractivity contribution >= 4 is 23.2 Å². The Kier molecular flexibility index (Phi) is 4.94. The van der Waals surface area contributed by atoms with E-state index in [0.717, 1.165) is 0 Å². The summed E-state index contributed by atoms with van der Waals surface area (Å²) in [6, 6.07) is 1.64. The second-order valence-electron chi connectivity index (χ2n) is 4.95. The minimum absolute atomic E-state index is 0.00871. The van der Waals surface area contributed by atoms with Gasteiger partial charge in [0, 0.05) is 11.4 Å². The van der Waals surface area contributed by atoms with Crippen molar-refractivity contribution in [3.63, 3.8) is 0 Å². The molecule has 0 aliphatic heterocycles. The number of nitrogens with one attached hydrogen (secondary N) is 1. The SMILES string of the molecule is COc1csc(C(=O)NC(C)(CC(=O)O)C(C)C)c1. The normalized spacial score (nSPS) is 13.9. The molecule has 1 heterocycles. The van der Waals surface area contributed by atoms with Gasteiger partial charge in [-0.25, -0.2) is 0 Å². The summed E-state index contributed by atoms with van der Waals surface area (Å²) in [5.41, 5.74) is -0.778. The number of methoxy groups -OCH3 is 1. The van der Waals surface area contributed by atoms with E-state index in [-0.39, 0.29) is 18.2 Å². The van der Waals surface area contributed by atoms with Crippen molar-refractivity contribution in [2.24, 2.45) is 5.92 Å². The molecule has 0 saturated heterocycles. The van der Waals surface area contributed by atoms with Crippen LogP contribution in [0.2, 0.25) is 0 Å². The number of ether oxygens (including phenoxy) is 1. The molecular formula is C13H19NO4S. The molecule has 0 fully saturated rings. The first-order chi connectivity index (χ1) is 8.78. The Labute approximate surface area is 116 Å². The molecule has 0 bridgehead atoms. The van der Waals surface area contributed by atoms with Gasteiger partial charge >= 0.3 is 5.97 Å². The number of amides is 1. The zero-order chi connectivity index (χ0) is 14.6. The molecule has 0 aromatic carbocycles. The van der Waals surface area contributed by atoms with Gasteiger partial charge in [-0.3, -0.25) is 9.59 Å². The van der Waals surface area contributed by atoms with Crippen LogP contribution in [0, 0.1) is 5.92 Å². The number of carbonyl (C=O) groups is 2. The molecule has 19 heavy (non-hydrogen) atoms. The number of carboxylic acids is 1. The van der Waals surface area contributed by atoms with Gasteiger partial charge < -0.3 is 15.2 Å². The number of hydrogen-bond acceptors (Lipinski definition) is 4. The van der Waals surface area contributed by atoms with E-state index >= 15 is 0 Å². The summed E-state index contributed by atoms with van der Waals surface area (Å²) in [7, 11) is 1.53. The molecule has 1 aromatic rings. The number of hydrogen-bond donors (Lipinski definition) is 2. The van der Waals surface area contributed by atoms with E-state index < -0.39 is 11.5 Å². The number of thiophene rings is 1. The first kappa shape index (κ1) is 15.5. The minimum atomic E-state index is -0.930. The molecule has 6 heteroatoms. The van der Waals surface area contributed by atoms with Crippen LogP contribution in [0.4, 0.5) is 0 Å². The van der Waals surface area contributed by atoms with Crippen LogP contribution >= 0.6 is 11.3 Å². The molecule has 5 nitrogen and oxygen atoms in total. The lowest BCUT2D eigenvalue weighted by molar-refractivity contribution is -0.138. The number of rotatable bonds is 6. The van der Waals surface area contributed by atoms with Crippen LogP contribution in [0.5, 0.6) is 5.75 Å². The van der Waals surface area contributed by atoms with E-state index in [0.29, 0.717) is 10.6 Å². The zero-order valence-electron chi connectivity index (χ0n) is 11.5. The maximum absolute atomic E-state index is 12.1. The highest BCUT2D eigenvalue weighted by molar-refractivity contribution is 7.12. The van der Waals surface area contributed by atoms with Gasteiger partial charge in [-0.15, -0.1) is 11.3 Å². The van der Waals surface area contributed by atoms with Crippen molar-refractivity contribution in [2.45, 2.75) is 32.7 Å². The summed E-state index contributed by atoms with van der Waals surface area (Å²) in [6.45, 7) is 5.52. The van der Waals surface area contributed by atoms with Crippen molar-refractivity contribution in [3.8, 4) is 5.75 Å². The Balaban J connectivity index is 2.84. The van der Waals surface area contributed by atoms with E-state index in [2.05, 4.69) is 5.32 Å². The van der Waals surface area contributed by atoms with Gasteiger partial charge in [-0.1, -0.05) is 13.8 Å². The lowest BCUT2D eigenvalue weighted by Gasteiger charge is -2.33. The predicted octanol–water partition coefficient (Wildman–Crippen LogP) is 2.38. The number of aliphatic carboxylic acids is 1. The average Bonchev–Trinajstić information content (AvgIpc) is 2.75. The highest BCUT2D eigenvalue weighted by atomic mass is 32.1. The smallest absolute Gasteiger partial charge is 0.305 e. The standard InChI is InChI=1S/C13H19NO4S/c1-8(2)13(3,6-11(15)16)14-12(17)10-5-9(18-4)7-19-10/h5,7-8H,6H2,1-4H3,(H,14,17)(H,15,16). The Bertz CT molecular complexity index is 469. The maximum Gasteiger partial charge on any atom is 0.305 e. The predicted molar refractivity (Wildman–Crippen MR) is 73.8 cm³/mol. The van der Waals surface area contributed by atoms with Crippen LogP contribution in [0.1, 0.15) is 36.9 Å². The second-order valence-corrected chi connectivity index (χ2v) is 5.86. The molecule has 1 atom stereocenters. The molecule has 1 unspecified atom stereocenters. The Morgan fingerprint density at radius 2 is 2.16 bits per heavy atom. The number of carboxylic acid groups (broad SMARTS) is 1. The molecule has 0 aliphatic rings. The van der Waals surface area contributed by atoms with Crippen LogP contribution in [-0.4, -0.2) is 29.6 Å². The Morgan fingerprint density at radius 3 is 2.58 bits per heavy atom. The van der Waals surface area contributed by atoms with Gasteiger partial charge in [0.15, 0.2) is 0 Å². The third-order valence-electron chi connectivity index (χ3n) is 3.23. The minimum Gasteiger partial charge on any atom is -0.496 e. The second kappa shape index (κ2) is 6.06. The summed E-state index contributed by atoms with van der Waals surface area (Å²) < 4.78 is 5.02. The van der Waals surface area contributed by atoms with E-state index in [9.17, 15) is 9.59 Å². The maximum atomic E-state index is 12.1. The van der Waals surface area contributed by atoms with Gasteiger partial charge in [-0.2, -0.15) is 0 Å². The molecule has 1 aromatic heterocycles. The zero-order valence-corrected chi connectivity index (χ0v) is 12.3. The fourth-order valence-corrected chi connectivity index (χ4v) is 2.32. The third kappa shape index (κ3) is 3.96. The van der Waals surface area contributed by atoms with Crippen molar-refractivity contribution < 1.29 is 19.4 Å². The van der Waals surface area contributed by atoms with Crippen molar-refractivity contribution in [3.05, 3.63) is 16.3 Å². The molecular weight excluding hydrogens is 266 g/mol. The highest BCUT2D eigenvalue weighted by Gasteiger charge is 2.33. The molecule has 0 aliphatic carbocycles. The molecule has 1 rings (SSSR count). The van der Waals surface area contributed by atoms with Gasteiger partial charge in [0.2, 0.25) is 0 Å². The molecule has 0 saturated carbocycles. The van der Waals surface area contributed by atoms with Crippen molar-refractivity contribution in [2.75, 3.05) is 7.11 Å². The summed E-state index contributed by atoms with van der Waals surface area (Å²) in [5.74, 6) is -0.569. The van der Waals surface area contributed by atoms with Crippen LogP contribution in [-0.2, 0) is 4.79 Å². The van der Waals surface area contributed by atoms with Gasteiger partial charge in [0.05, 0.1) is 23.9 Å². The lowest BCUT2D eigenvalue weighted by atomic mass is 9.85. The Hall–Kier alpha value is -1.56. The summed E-state index contributed by atoms with van der Waals surface area (Å²) >= 11 is 1.27. The van der Waals surface area contributed by atoms with Crippen LogP contribution < -0.4 is 10.1 Å². The third-order valence-corrected chi connectivity index (χ3v) is 4.13. The largest absolute Gasteiger partial charge is 0.496 e. The van der Waals surface area contributed by atoms with E-state index in [1.54, 1.807) is 18.4 Å². The number of carbonyl (C=O) groups excluding carboxylic acids is 1. The summed E-state index contributed by atoms with van der Waals surface area (Å²) in [6.07, 6.45) is -0.112. The molecule has 0 spiro atoms. The van der Waals surface area contributed by atoms with E-state index in [1.807, 2.05) is 13.8 Å². The quantitative estimate of drug-likeness (QED) is 0.841. The van der Waals surface area contributed by atoms with Gasteiger partial charge in [0.1, 0.15) is 5.75 Å². The fourth-order valence-electron chi connectivity index (χ4n) is 1.57. The van der Waals surface area contributed by atoms with Crippen LogP contribution in [0.3, 0.4) is 0 Å². The van der Waals surface area contributed by atoms with Crippen LogP contribution in [0.15, 0.2) is 11.4 Å². The average molecular weight is 285 g/mol. The highest BCUT2D eigenvalue weighted by Crippen LogP contribution is 2.25. The molecule has 1 amide bonds. The van der Waals surface area contributed by atoms with Crippen LogP contribution in [0.25, 0.3) is 0 Å². The van der Waals surface area contributed by atoms with Crippen molar-refractivity contribution in [1.82, 2.24) is 5.32 Å². The summed E-state index contributed by atoms with van der Waals surface area (Å²) in [4.78, 5) is 23.6. The topological polar surface area (TPSA) is 75.6 Å². The monoisotopic (exact) mass is 285 g/mol. The van der Waals surface area contributed by atoms with Crippen molar-refractivity contribution in [1.29, 1.82) is 0 Å². The first-order valence-electron chi connectivity index (χ1n) is 5.95. The first-order valence-corrected chi connectivity index (χ1v) is 6.83. The Morgan fingerprint density at radius 1 is 1.53 bits per heavy atom. The summed E-state index contributed by atoms with van der Waals surface area (Å²) in [5, 5.41) is 13.5.